The van der Waals surface area contributed by atoms with Gasteiger partial charge in [0, 0.05) is 23.7 Å². The lowest BCUT2D eigenvalue weighted by atomic mass is 10.3. The highest BCUT2D eigenvalue weighted by molar-refractivity contribution is 7.09. The summed E-state index contributed by atoms with van der Waals surface area (Å²) in [6.45, 7) is 5.22. The maximum Gasteiger partial charge on any atom is 0.270 e. The van der Waals surface area contributed by atoms with E-state index in [1.54, 1.807) is 17.4 Å². The van der Waals surface area contributed by atoms with E-state index in [0.717, 1.165) is 23.7 Å². The van der Waals surface area contributed by atoms with Gasteiger partial charge in [0.2, 0.25) is 5.95 Å². The summed E-state index contributed by atoms with van der Waals surface area (Å²) >= 11 is 1.62. The fourth-order valence-corrected chi connectivity index (χ4v) is 2.89. The number of carbonyl (C=O) groups excluding carboxylic acids is 1. The van der Waals surface area contributed by atoms with Crippen molar-refractivity contribution in [2.45, 2.75) is 13.5 Å². The molecule has 2 aromatic rings. The summed E-state index contributed by atoms with van der Waals surface area (Å²) in [5.74, 6) is 0.429. The Hall–Kier alpha value is -1.99. The average Bonchev–Trinajstić information content (AvgIpc) is 3.06. The van der Waals surface area contributed by atoms with Crippen molar-refractivity contribution >= 4 is 23.2 Å². The first-order valence-corrected chi connectivity index (χ1v) is 8.09. The molecule has 0 aliphatic carbocycles. The quantitative estimate of drug-likeness (QED) is 0.928. The van der Waals surface area contributed by atoms with Crippen molar-refractivity contribution in [3.8, 4) is 0 Å². The molecule has 1 aliphatic rings. The average molecular weight is 318 g/mol. The van der Waals surface area contributed by atoms with Crippen molar-refractivity contribution in [3.05, 3.63) is 39.8 Å². The molecule has 1 aliphatic heterocycles. The number of hydrogen-bond donors (Lipinski definition) is 1. The zero-order chi connectivity index (χ0) is 15.4. The van der Waals surface area contributed by atoms with Gasteiger partial charge in [-0.2, -0.15) is 0 Å². The summed E-state index contributed by atoms with van der Waals surface area (Å²) in [7, 11) is 0. The van der Waals surface area contributed by atoms with E-state index >= 15 is 0 Å². The van der Waals surface area contributed by atoms with Crippen LogP contribution >= 0.6 is 11.3 Å². The highest BCUT2D eigenvalue weighted by atomic mass is 32.1. The summed E-state index contributed by atoms with van der Waals surface area (Å²) in [5, 5.41) is 4.89. The molecule has 0 saturated carbocycles. The van der Waals surface area contributed by atoms with Crippen LogP contribution in [0.1, 0.15) is 21.1 Å². The monoisotopic (exact) mass is 318 g/mol. The molecule has 0 aromatic carbocycles. The fraction of sp³-hybridized carbons (Fsp3) is 0.400. The van der Waals surface area contributed by atoms with Crippen LogP contribution in [0.25, 0.3) is 0 Å². The number of amides is 1. The third-order valence-electron chi connectivity index (χ3n) is 3.37. The standard InChI is InChI=1S/C15H18N4O2S/c1-11-9-13(14(20)16-10-12-3-2-8-22-12)18-15(17-11)19-4-6-21-7-5-19/h2-3,8-9H,4-7,10H2,1H3,(H,16,20). The van der Waals surface area contributed by atoms with Crippen LogP contribution < -0.4 is 10.2 Å². The van der Waals surface area contributed by atoms with Crippen molar-refractivity contribution in [1.29, 1.82) is 0 Å². The lowest BCUT2D eigenvalue weighted by Crippen LogP contribution is -2.38. The predicted molar refractivity (Wildman–Crippen MR) is 85.3 cm³/mol. The van der Waals surface area contributed by atoms with E-state index < -0.39 is 0 Å². The Labute approximate surface area is 133 Å². The Morgan fingerprint density at radius 3 is 2.95 bits per heavy atom. The summed E-state index contributed by atoms with van der Waals surface area (Å²) in [6, 6.07) is 5.68. The largest absolute Gasteiger partial charge is 0.378 e. The van der Waals surface area contributed by atoms with Crippen LogP contribution in [0.2, 0.25) is 0 Å². The number of aryl methyl sites for hydroxylation is 1. The summed E-state index contributed by atoms with van der Waals surface area (Å²) in [6.07, 6.45) is 0. The van der Waals surface area contributed by atoms with Crippen LogP contribution in [0.15, 0.2) is 23.6 Å². The van der Waals surface area contributed by atoms with Crippen LogP contribution in [-0.2, 0) is 11.3 Å². The molecule has 7 heteroatoms. The Kier molecular flexibility index (Phi) is 4.65. The second-order valence-corrected chi connectivity index (χ2v) is 6.09. The maximum atomic E-state index is 12.3. The van der Waals surface area contributed by atoms with E-state index in [2.05, 4.69) is 15.3 Å². The van der Waals surface area contributed by atoms with E-state index in [-0.39, 0.29) is 5.91 Å². The Balaban J connectivity index is 1.72. The van der Waals surface area contributed by atoms with Crippen LogP contribution in [0.4, 0.5) is 5.95 Å². The second kappa shape index (κ2) is 6.85. The van der Waals surface area contributed by atoms with Gasteiger partial charge < -0.3 is 15.0 Å². The fourth-order valence-electron chi connectivity index (χ4n) is 2.25. The minimum Gasteiger partial charge on any atom is -0.378 e. The van der Waals surface area contributed by atoms with Gasteiger partial charge in [0.05, 0.1) is 19.8 Å². The molecule has 1 N–H and O–H groups in total. The zero-order valence-electron chi connectivity index (χ0n) is 12.4. The van der Waals surface area contributed by atoms with Gasteiger partial charge in [-0.1, -0.05) is 6.07 Å². The van der Waals surface area contributed by atoms with Crippen molar-refractivity contribution in [2.24, 2.45) is 0 Å². The van der Waals surface area contributed by atoms with Gasteiger partial charge in [-0.3, -0.25) is 4.79 Å². The number of carbonyl (C=O) groups is 1. The lowest BCUT2D eigenvalue weighted by Gasteiger charge is -2.27. The molecule has 3 heterocycles. The van der Waals surface area contributed by atoms with E-state index in [1.165, 1.54) is 0 Å². The molecule has 1 fully saturated rings. The highest BCUT2D eigenvalue weighted by Crippen LogP contribution is 2.13. The topological polar surface area (TPSA) is 67.4 Å². The van der Waals surface area contributed by atoms with Crippen LogP contribution in [0.5, 0.6) is 0 Å². The predicted octanol–water partition coefficient (Wildman–Crippen LogP) is 1.61. The number of morpholine rings is 1. The Bertz CT molecular complexity index is 639. The number of nitrogens with zero attached hydrogens (tertiary/aromatic N) is 3. The Morgan fingerprint density at radius 2 is 2.23 bits per heavy atom. The summed E-state index contributed by atoms with van der Waals surface area (Å²) in [4.78, 5) is 24.3. The first-order valence-electron chi connectivity index (χ1n) is 7.21. The molecule has 0 unspecified atom stereocenters. The van der Waals surface area contributed by atoms with E-state index in [1.807, 2.05) is 29.3 Å². The number of aromatic nitrogens is 2. The minimum absolute atomic E-state index is 0.173. The molecule has 116 valence electrons. The van der Waals surface area contributed by atoms with Crippen molar-refractivity contribution in [2.75, 3.05) is 31.2 Å². The van der Waals surface area contributed by atoms with Crippen LogP contribution in [0, 0.1) is 6.92 Å². The molecule has 0 radical (unpaired) electrons. The SMILES string of the molecule is Cc1cc(C(=O)NCc2cccs2)nc(N2CCOCC2)n1. The van der Waals surface area contributed by atoms with E-state index in [4.69, 9.17) is 4.74 Å². The number of anilines is 1. The van der Waals surface area contributed by atoms with Crippen molar-refractivity contribution in [3.63, 3.8) is 0 Å². The molecule has 3 rings (SSSR count). The van der Waals surface area contributed by atoms with Crippen LogP contribution in [0.3, 0.4) is 0 Å². The van der Waals surface area contributed by atoms with Gasteiger partial charge in [-0.25, -0.2) is 9.97 Å². The summed E-state index contributed by atoms with van der Waals surface area (Å²) < 4.78 is 5.33. The second-order valence-electron chi connectivity index (χ2n) is 5.06. The molecule has 0 bridgehead atoms. The molecular formula is C15H18N4O2S. The summed E-state index contributed by atoms with van der Waals surface area (Å²) in [5.41, 5.74) is 1.20. The number of ether oxygens (including phenoxy) is 1. The molecule has 22 heavy (non-hydrogen) atoms. The number of rotatable bonds is 4. The smallest absolute Gasteiger partial charge is 0.270 e. The molecular weight excluding hydrogens is 300 g/mol. The van der Waals surface area contributed by atoms with Crippen molar-refractivity contribution < 1.29 is 9.53 Å². The number of nitrogens with one attached hydrogen (secondary N) is 1. The van der Waals surface area contributed by atoms with Gasteiger partial charge in [0.1, 0.15) is 5.69 Å². The van der Waals surface area contributed by atoms with Crippen LogP contribution in [-0.4, -0.2) is 42.2 Å². The normalized spacial score (nSPS) is 14.9. The Morgan fingerprint density at radius 1 is 1.41 bits per heavy atom. The maximum absolute atomic E-state index is 12.3. The number of thiophene rings is 1. The van der Waals surface area contributed by atoms with Gasteiger partial charge >= 0.3 is 0 Å². The molecule has 1 saturated heterocycles. The molecule has 2 aromatic heterocycles. The zero-order valence-corrected chi connectivity index (χ0v) is 13.2. The first-order chi connectivity index (χ1) is 10.7. The van der Waals surface area contributed by atoms with Gasteiger partial charge in [0.25, 0.3) is 5.91 Å². The number of hydrogen-bond acceptors (Lipinski definition) is 6. The van der Waals surface area contributed by atoms with Gasteiger partial charge in [-0.15, -0.1) is 11.3 Å². The molecule has 6 nitrogen and oxygen atoms in total. The third-order valence-corrected chi connectivity index (χ3v) is 4.25. The van der Waals surface area contributed by atoms with E-state index in [9.17, 15) is 4.79 Å². The van der Waals surface area contributed by atoms with E-state index in [0.29, 0.717) is 31.4 Å². The van der Waals surface area contributed by atoms with Gasteiger partial charge in [0.15, 0.2) is 0 Å². The lowest BCUT2D eigenvalue weighted by molar-refractivity contribution is 0.0946. The minimum atomic E-state index is -0.173. The molecule has 0 spiro atoms. The molecule has 1 amide bonds. The van der Waals surface area contributed by atoms with Gasteiger partial charge in [-0.05, 0) is 24.4 Å². The first kappa shape index (κ1) is 14.9. The highest BCUT2D eigenvalue weighted by Gasteiger charge is 2.17. The molecule has 0 atom stereocenters. The van der Waals surface area contributed by atoms with Crippen molar-refractivity contribution in [1.82, 2.24) is 15.3 Å². The third kappa shape index (κ3) is 3.61.